The maximum absolute atomic E-state index is 13.2. The Morgan fingerprint density at radius 2 is 1.85 bits per heavy atom. The Kier molecular flexibility index (Phi) is 4.11. The molecule has 26 heavy (non-hydrogen) atoms. The van der Waals surface area contributed by atoms with Crippen molar-refractivity contribution in [3.8, 4) is 5.69 Å². The number of amides is 1. The Morgan fingerprint density at radius 1 is 1.08 bits per heavy atom. The van der Waals surface area contributed by atoms with E-state index < -0.39 is 5.41 Å². The van der Waals surface area contributed by atoms with Gasteiger partial charge in [-0.1, -0.05) is 54.4 Å². The Hall–Kier alpha value is -2.88. The molecule has 132 valence electrons. The summed E-state index contributed by atoms with van der Waals surface area (Å²) in [5.74, 6) is 0.688. The molecule has 1 saturated carbocycles. The average molecular weight is 345 g/mol. The van der Waals surface area contributed by atoms with Gasteiger partial charge in [0.2, 0.25) is 5.91 Å². The molecule has 4 nitrogen and oxygen atoms in total. The molecule has 0 atom stereocenters. The van der Waals surface area contributed by atoms with Gasteiger partial charge in [0, 0.05) is 11.8 Å². The van der Waals surface area contributed by atoms with Crippen LogP contribution in [0.1, 0.15) is 36.0 Å². The van der Waals surface area contributed by atoms with Crippen molar-refractivity contribution in [1.29, 1.82) is 0 Å². The highest BCUT2D eigenvalue weighted by Gasteiger charge is 2.45. The molecular formula is C22H23N3O. The Morgan fingerprint density at radius 3 is 2.50 bits per heavy atom. The van der Waals surface area contributed by atoms with E-state index in [-0.39, 0.29) is 5.91 Å². The molecule has 1 fully saturated rings. The minimum atomic E-state index is -0.422. The van der Waals surface area contributed by atoms with Gasteiger partial charge in [-0.3, -0.25) is 4.79 Å². The molecule has 4 rings (SSSR count). The normalized spacial score (nSPS) is 15.3. The van der Waals surface area contributed by atoms with Crippen LogP contribution in [0.15, 0.2) is 60.8 Å². The quantitative estimate of drug-likeness (QED) is 0.754. The first-order valence-corrected chi connectivity index (χ1v) is 9.09. The van der Waals surface area contributed by atoms with E-state index in [0.29, 0.717) is 5.82 Å². The van der Waals surface area contributed by atoms with Crippen LogP contribution in [0.3, 0.4) is 0 Å². The van der Waals surface area contributed by atoms with Crippen LogP contribution in [-0.4, -0.2) is 15.7 Å². The van der Waals surface area contributed by atoms with Crippen LogP contribution >= 0.6 is 0 Å². The second kappa shape index (κ2) is 6.45. The lowest BCUT2D eigenvalue weighted by Crippen LogP contribution is -2.46. The van der Waals surface area contributed by atoms with E-state index in [1.165, 1.54) is 5.56 Å². The number of aromatic nitrogens is 2. The summed E-state index contributed by atoms with van der Waals surface area (Å²) in [5.41, 5.74) is 3.82. The van der Waals surface area contributed by atoms with Crippen molar-refractivity contribution < 1.29 is 4.79 Å². The third-order valence-corrected chi connectivity index (χ3v) is 5.36. The summed E-state index contributed by atoms with van der Waals surface area (Å²) in [5, 5.41) is 7.68. The van der Waals surface area contributed by atoms with Gasteiger partial charge in [-0.2, -0.15) is 0 Å². The highest BCUT2D eigenvalue weighted by Crippen LogP contribution is 2.44. The molecule has 0 unspecified atom stereocenters. The van der Waals surface area contributed by atoms with E-state index in [0.717, 1.165) is 36.1 Å². The van der Waals surface area contributed by atoms with Gasteiger partial charge in [0.1, 0.15) is 0 Å². The molecule has 4 heteroatoms. The number of hydrogen-bond acceptors (Lipinski definition) is 2. The summed E-state index contributed by atoms with van der Waals surface area (Å²) in [6.07, 6.45) is 4.81. The highest BCUT2D eigenvalue weighted by molar-refractivity contribution is 5.99. The van der Waals surface area contributed by atoms with Crippen LogP contribution in [0.2, 0.25) is 0 Å². The lowest BCUT2D eigenvalue weighted by Gasteiger charge is -2.40. The van der Waals surface area contributed by atoms with E-state index in [4.69, 9.17) is 0 Å². The van der Waals surface area contributed by atoms with E-state index in [1.807, 2.05) is 54.2 Å². The Bertz CT molecular complexity index is 939. The van der Waals surface area contributed by atoms with Crippen LogP contribution in [0.5, 0.6) is 0 Å². The number of aryl methyl sites for hydroxylation is 2. The molecule has 0 bridgehead atoms. The van der Waals surface area contributed by atoms with E-state index in [1.54, 1.807) is 0 Å². The van der Waals surface area contributed by atoms with Gasteiger partial charge in [0.15, 0.2) is 5.82 Å². The van der Waals surface area contributed by atoms with Crippen molar-refractivity contribution in [1.82, 2.24) is 9.78 Å². The maximum Gasteiger partial charge on any atom is 0.236 e. The lowest BCUT2D eigenvalue weighted by atomic mass is 9.63. The molecule has 0 spiro atoms. The predicted octanol–water partition coefficient (Wildman–Crippen LogP) is 4.55. The van der Waals surface area contributed by atoms with Gasteiger partial charge in [0.05, 0.1) is 11.1 Å². The molecule has 0 saturated heterocycles. The first-order valence-electron chi connectivity index (χ1n) is 9.09. The topological polar surface area (TPSA) is 46.9 Å². The zero-order valence-corrected chi connectivity index (χ0v) is 15.2. The first-order chi connectivity index (χ1) is 12.6. The predicted molar refractivity (Wildman–Crippen MR) is 104 cm³/mol. The van der Waals surface area contributed by atoms with Crippen LogP contribution in [0.25, 0.3) is 5.69 Å². The van der Waals surface area contributed by atoms with Crippen molar-refractivity contribution in [2.75, 3.05) is 5.32 Å². The zero-order chi connectivity index (χ0) is 18.1. The second-order valence-corrected chi connectivity index (χ2v) is 7.20. The molecular weight excluding hydrogens is 322 g/mol. The molecule has 2 aromatic carbocycles. The van der Waals surface area contributed by atoms with Gasteiger partial charge in [-0.15, -0.1) is 5.10 Å². The number of benzene rings is 2. The number of hydrogen-bond donors (Lipinski definition) is 1. The zero-order valence-electron chi connectivity index (χ0n) is 15.2. The molecule has 1 N–H and O–H groups in total. The molecule has 1 heterocycles. The lowest BCUT2D eigenvalue weighted by molar-refractivity contribution is -0.124. The Balaban J connectivity index is 1.61. The average Bonchev–Trinajstić information content (AvgIpc) is 2.96. The number of nitrogens with zero attached hydrogens (tertiary/aromatic N) is 2. The van der Waals surface area contributed by atoms with Gasteiger partial charge >= 0.3 is 0 Å². The summed E-state index contributed by atoms with van der Waals surface area (Å²) >= 11 is 0. The number of nitrogens with one attached hydrogen (secondary N) is 1. The number of anilines is 1. The van der Waals surface area contributed by atoms with Gasteiger partial charge < -0.3 is 5.32 Å². The van der Waals surface area contributed by atoms with Crippen LogP contribution in [-0.2, 0) is 10.2 Å². The molecule has 0 radical (unpaired) electrons. The standard InChI is InChI=1S/C22H23N3O/c1-16-8-6-9-18(14-16)22(12-7-13-22)21(26)23-20-17(2)15-25(24-20)19-10-4-3-5-11-19/h3-6,8-11,14-15H,7,12-13H2,1-2H3,(H,23,24,26). The van der Waals surface area contributed by atoms with Crippen molar-refractivity contribution in [2.45, 2.75) is 38.5 Å². The van der Waals surface area contributed by atoms with E-state index >= 15 is 0 Å². The fourth-order valence-electron chi connectivity index (χ4n) is 3.64. The largest absolute Gasteiger partial charge is 0.308 e. The van der Waals surface area contributed by atoms with Gasteiger partial charge in [0.25, 0.3) is 0 Å². The summed E-state index contributed by atoms with van der Waals surface area (Å²) in [7, 11) is 0. The van der Waals surface area contributed by atoms with Crippen LogP contribution in [0.4, 0.5) is 5.82 Å². The number of carbonyl (C=O) groups excluding carboxylic acids is 1. The minimum absolute atomic E-state index is 0.0516. The van der Waals surface area contributed by atoms with Crippen LogP contribution < -0.4 is 5.32 Å². The Labute approximate surface area is 153 Å². The third kappa shape index (κ3) is 2.81. The van der Waals surface area contributed by atoms with Crippen molar-refractivity contribution in [3.05, 3.63) is 77.5 Å². The SMILES string of the molecule is Cc1cccc(C2(C(=O)Nc3nn(-c4ccccc4)cc3C)CCC2)c1. The van der Waals surface area contributed by atoms with Crippen LogP contribution in [0, 0.1) is 13.8 Å². The molecule has 0 aliphatic heterocycles. The second-order valence-electron chi connectivity index (χ2n) is 7.20. The first kappa shape index (κ1) is 16.6. The molecule has 3 aromatic rings. The monoisotopic (exact) mass is 345 g/mol. The van der Waals surface area contributed by atoms with E-state index in [9.17, 15) is 4.79 Å². The number of carbonyl (C=O) groups is 1. The summed E-state index contributed by atoms with van der Waals surface area (Å²) < 4.78 is 1.81. The van der Waals surface area contributed by atoms with Gasteiger partial charge in [-0.05, 0) is 44.4 Å². The van der Waals surface area contributed by atoms with Gasteiger partial charge in [-0.25, -0.2) is 4.68 Å². The third-order valence-electron chi connectivity index (χ3n) is 5.36. The fourth-order valence-corrected chi connectivity index (χ4v) is 3.64. The summed E-state index contributed by atoms with van der Waals surface area (Å²) in [6, 6.07) is 18.2. The summed E-state index contributed by atoms with van der Waals surface area (Å²) in [6.45, 7) is 4.04. The smallest absolute Gasteiger partial charge is 0.236 e. The van der Waals surface area contributed by atoms with Crippen molar-refractivity contribution in [2.24, 2.45) is 0 Å². The highest BCUT2D eigenvalue weighted by atomic mass is 16.2. The summed E-state index contributed by atoms with van der Waals surface area (Å²) in [4.78, 5) is 13.2. The molecule has 1 aromatic heterocycles. The van der Waals surface area contributed by atoms with Crippen molar-refractivity contribution in [3.63, 3.8) is 0 Å². The number of para-hydroxylation sites is 1. The fraction of sp³-hybridized carbons (Fsp3) is 0.273. The minimum Gasteiger partial charge on any atom is -0.308 e. The number of rotatable bonds is 4. The molecule has 1 aliphatic rings. The maximum atomic E-state index is 13.2. The van der Waals surface area contributed by atoms with E-state index in [2.05, 4.69) is 35.5 Å². The van der Waals surface area contributed by atoms with Crippen molar-refractivity contribution >= 4 is 11.7 Å². The molecule has 1 amide bonds. The molecule has 1 aliphatic carbocycles.